The molecule has 0 atom stereocenters. The predicted octanol–water partition coefficient (Wildman–Crippen LogP) is 1.98. The van der Waals surface area contributed by atoms with Gasteiger partial charge in [-0.1, -0.05) is 0 Å². The number of pyridine rings is 1. The van der Waals surface area contributed by atoms with Crippen LogP contribution >= 0.6 is 12.4 Å². The molecule has 2 aromatic heterocycles. The molecule has 0 aliphatic carbocycles. The fourth-order valence-corrected chi connectivity index (χ4v) is 2.23. The molecule has 1 aliphatic rings. The van der Waals surface area contributed by atoms with E-state index in [0.29, 0.717) is 0 Å². The Hall–Kier alpha value is -1.06. The van der Waals surface area contributed by atoms with Crippen molar-refractivity contribution in [1.29, 1.82) is 0 Å². The molecule has 0 fully saturated rings. The maximum atomic E-state index is 4.49. The fraction of sp³-hybridized carbons (Fsp3) is 0.364. The number of hydrogen-bond donors (Lipinski definition) is 1. The predicted molar refractivity (Wildman–Crippen MR) is 62.5 cm³/mol. The maximum absolute atomic E-state index is 4.49. The van der Waals surface area contributed by atoms with E-state index in [1.165, 1.54) is 16.8 Å². The highest BCUT2D eigenvalue weighted by Gasteiger charge is 2.16. The summed E-state index contributed by atoms with van der Waals surface area (Å²) >= 11 is 0. The fourth-order valence-electron chi connectivity index (χ4n) is 2.23. The molecule has 0 unspecified atom stereocenters. The molecule has 0 aromatic carbocycles. The summed E-state index contributed by atoms with van der Waals surface area (Å²) in [5, 5.41) is 3.38. The number of nitrogens with zero attached hydrogens (tertiary/aromatic N) is 2. The molecule has 1 aliphatic heterocycles. The summed E-state index contributed by atoms with van der Waals surface area (Å²) in [6, 6.07) is 2.17. The molecule has 3 nitrogen and oxygen atoms in total. The van der Waals surface area contributed by atoms with E-state index in [1.54, 1.807) is 0 Å². The van der Waals surface area contributed by atoms with Crippen LogP contribution in [0.4, 0.5) is 0 Å². The van der Waals surface area contributed by atoms with Crippen LogP contribution in [0, 0.1) is 13.8 Å². The Kier molecular flexibility index (Phi) is 2.44. The lowest BCUT2D eigenvalue weighted by molar-refractivity contribution is 0.752. The summed E-state index contributed by atoms with van der Waals surface area (Å²) in [5.41, 5.74) is 6.32. The van der Waals surface area contributed by atoms with E-state index in [1.807, 2.05) is 6.92 Å². The minimum absolute atomic E-state index is 0. The zero-order valence-corrected chi connectivity index (χ0v) is 9.69. The first-order valence-electron chi connectivity index (χ1n) is 4.93. The minimum Gasteiger partial charge on any atom is -0.307 e. The van der Waals surface area contributed by atoms with E-state index in [4.69, 9.17) is 0 Å². The van der Waals surface area contributed by atoms with Crippen LogP contribution in [-0.4, -0.2) is 9.38 Å². The van der Waals surface area contributed by atoms with Crippen LogP contribution < -0.4 is 5.32 Å². The molecule has 0 spiro atoms. The third kappa shape index (κ3) is 1.43. The Morgan fingerprint density at radius 2 is 2.13 bits per heavy atom. The summed E-state index contributed by atoms with van der Waals surface area (Å²) in [5.74, 6) is 0. The van der Waals surface area contributed by atoms with Gasteiger partial charge in [0.1, 0.15) is 5.65 Å². The van der Waals surface area contributed by atoms with Gasteiger partial charge < -0.3 is 9.72 Å². The lowest BCUT2D eigenvalue weighted by Gasteiger charge is -2.05. The van der Waals surface area contributed by atoms with Crippen molar-refractivity contribution in [2.24, 2.45) is 0 Å². The Morgan fingerprint density at radius 3 is 2.93 bits per heavy atom. The van der Waals surface area contributed by atoms with E-state index >= 15 is 0 Å². The average molecular weight is 224 g/mol. The Labute approximate surface area is 94.9 Å². The van der Waals surface area contributed by atoms with E-state index in [0.717, 1.165) is 24.4 Å². The zero-order chi connectivity index (χ0) is 9.71. The second-order valence-electron chi connectivity index (χ2n) is 3.97. The highest BCUT2D eigenvalue weighted by atomic mass is 35.5. The van der Waals surface area contributed by atoms with E-state index < -0.39 is 0 Å². The molecule has 4 heteroatoms. The second kappa shape index (κ2) is 3.51. The van der Waals surface area contributed by atoms with Gasteiger partial charge in [-0.05, 0) is 31.0 Å². The molecule has 1 N–H and O–H groups in total. The van der Waals surface area contributed by atoms with Crippen LogP contribution in [0.15, 0.2) is 12.3 Å². The van der Waals surface area contributed by atoms with Crippen LogP contribution in [-0.2, 0) is 13.1 Å². The maximum Gasteiger partial charge on any atom is 0.137 e. The van der Waals surface area contributed by atoms with Gasteiger partial charge in [-0.3, -0.25) is 0 Å². The third-order valence-electron chi connectivity index (χ3n) is 2.91. The highest BCUT2D eigenvalue weighted by Crippen LogP contribution is 2.22. The average Bonchev–Trinajstić information content (AvgIpc) is 2.69. The van der Waals surface area contributed by atoms with E-state index in [-0.39, 0.29) is 12.4 Å². The van der Waals surface area contributed by atoms with Crippen molar-refractivity contribution >= 4 is 18.1 Å². The molecule has 3 heterocycles. The minimum atomic E-state index is 0. The molecule has 80 valence electrons. The van der Waals surface area contributed by atoms with Crippen LogP contribution in [0.2, 0.25) is 0 Å². The van der Waals surface area contributed by atoms with Gasteiger partial charge in [0.2, 0.25) is 0 Å². The van der Waals surface area contributed by atoms with Crippen molar-refractivity contribution in [3.63, 3.8) is 0 Å². The number of aryl methyl sites for hydroxylation is 2. The number of imidazole rings is 1. The lowest BCUT2D eigenvalue weighted by Crippen LogP contribution is -2.01. The summed E-state index contributed by atoms with van der Waals surface area (Å²) in [6.07, 6.45) is 2.11. The van der Waals surface area contributed by atoms with Crippen LogP contribution in [0.25, 0.3) is 5.65 Å². The van der Waals surface area contributed by atoms with Gasteiger partial charge in [-0.15, -0.1) is 12.4 Å². The first kappa shape index (κ1) is 10.5. The van der Waals surface area contributed by atoms with Gasteiger partial charge in [-0.2, -0.15) is 0 Å². The molecule has 2 aromatic rings. The van der Waals surface area contributed by atoms with Crippen molar-refractivity contribution in [1.82, 2.24) is 14.7 Å². The zero-order valence-electron chi connectivity index (χ0n) is 8.87. The van der Waals surface area contributed by atoms with Crippen LogP contribution in [0.3, 0.4) is 0 Å². The Bertz CT molecular complexity index is 516. The van der Waals surface area contributed by atoms with Crippen LogP contribution in [0.5, 0.6) is 0 Å². The van der Waals surface area contributed by atoms with Crippen molar-refractivity contribution in [3.8, 4) is 0 Å². The van der Waals surface area contributed by atoms with E-state index in [9.17, 15) is 0 Å². The molecular formula is C11H14ClN3. The van der Waals surface area contributed by atoms with Gasteiger partial charge in [-0.25, -0.2) is 4.98 Å². The Morgan fingerprint density at radius 1 is 1.33 bits per heavy atom. The number of rotatable bonds is 0. The number of nitrogens with one attached hydrogen (secondary N) is 1. The van der Waals surface area contributed by atoms with Gasteiger partial charge in [0.15, 0.2) is 0 Å². The monoisotopic (exact) mass is 223 g/mol. The van der Waals surface area contributed by atoms with Crippen LogP contribution in [0.1, 0.15) is 22.5 Å². The SMILES string of the molecule is Cc1cn2c3c(c(C)cc2n1)CNC3.Cl. The molecule has 0 saturated carbocycles. The quantitative estimate of drug-likeness (QED) is 0.740. The summed E-state index contributed by atoms with van der Waals surface area (Å²) in [4.78, 5) is 4.49. The molecule has 0 radical (unpaired) electrons. The van der Waals surface area contributed by atoms with Crippen molar-refractivity contribution in [2.75, 3.05) is 0 Å². The third-order valence-corrected chi connectivity index (χ3v) is 2.91. The highest BCUT2D eigenvalue weighted by molar-refractivity contribution is 5.85. The molecule has 3 rings (SSSR count). The molecular weight excluding hydrogens is 210 g/mol. The first-order valence-corrected chi connectivity index (χ1v) is 4.93. The molecule has 0 amide bonds. The number of halogens is 1. The lowest BCUT2D eigenvalue weighted by atomic mass is 10.1. The Balaban J connectivity index is 0.000000853. The second-order valence-corrected chi connectivity index (χ2v) is 3.97. The molecule has 15 heavy (non-hydrogen) atoms. The van der Waals surface area contributed by atoms with Gasteiger partial charge in [0.05, 0.1) is 5.69 Å². The van der Waals surface area contributed by atoms with Gasteiger partial charge in [0.25, 0.3) is 0 Å². The van der Waals surface area contributed by atoms with Gasteiger partial charge >= 0.3 is 0 Å². The number of hydrogen-bond acceptors (Lipinski definition) is 2. The topological polar surface area (TPSA) is 29.3 Å². The van der Waals surface area contributed by atoms with Crippen molar-refractivity contribution < 1.29 is 0 Å². The largest absolute Gasteiger partial charge is 0.307 e. The molecule has 0 bridgehead atoms. The van der Waals surface area contributed by atoms with Crippen molar-refractivity contribution in [3.05, 3.63) is 34.8 Å². The normalized spacial score (nSPS) is 14.0. The molecule has 0 saturated heterocycles. The van der Waals surface area contributed by atoms with E-state index in [2.05, 4.69) is 33.9 Å². The summed E-state index contributed by atoms with van der Waals surface area (Å²) < 4.78 is 2.21. The number of fused-ring (bicyclic) bond motifs is 3. The smallest absolute Gasteiger partial charge is 0.137 e. The standard InChI is InChI=1S/C11H13N3.ClH/c1-7-3-11-13-8(2)6-14(11)10-5-12-4-9(7)10;/h3,6,12H,4-5H2,1-2H3;1H. The summed E-state index contributed by atoms with van der Waals surface area (Å²) in [7, 11) is 0. The first-order chi connectivity index (χ1) is 6.75. The van der Waals surface area contributed by atoms with Gasteiger partial charge in [0, 0.05) is 25.0 Å². The number of aromatic nitrogens is 2. The summed E-state index contributed by atoms with van der Waals surface area (Å²) in [6.45, 7) is 6.16. The van der Waals surface area contributed by atoms with Crippen molar-refractivity contribution in [2.45, 2.75) is 26.9 Å².